The van der Waals surface area contributed by atoms with E-state index in [4.69, 9.17) is 14.2 Å². The number of cyclic esters (lactones) is 1. The van der Waals surface area contributed by atoms with Crippen LogP contribution in [-0.2, 0) is 24.1 Å². The summed E-state index contributed by atoms with van der Waals surface area (Å²) in [7, 11) is 0. The Bertz CT molecular complexity index is 1620. The number of ether oxygens (including phenoxy) is 3. The largest absolute Gasteiger partial charge is 0.489 e. The van der Waals surface area contributed by atoms with Gasteiger partial charge in [-0.25, -0.2) is 9.78 Å². The molecule has 2 aromatic carbocycles. The molecule has 12 heteroatoms. The SMILES string of the molecule is CCN1CCN(Cc2ccc(C(=O)C[C@@H]3[C@H]4Oc5ccc(Oc6ccnc7c6COC(=O)N7)cc5[C@@H]34)cc2C(F)(F)F)CC1. The highest BCUT2D eigenvalue weighted by molar-refractivity contribution is 5.97. The fraction of sp³-hybridized carbons (Fsp3) is 0.406. The number of hydrogen-bond donors (Lipinski definition) is 1. The van der Waals surface area contributed by atoms with E-state index in [1.165, 1.54) is 18.3 Å². The Morgan fingerprint density at radius 2 is 1.89 bits per heavy atom. The minimum Gasteiger partial charge on any atom is -0.489 e. The smallest absolute Gasteiger partial charge is 0.416 e. The third-order valence-electron chi connectivity index (χ3n) is 8.97. The van der Waals surface area contributed by atoms with Crippen molar-refractivity contribution in [1.82, 2.24) is 14.8 Å². The predicted octanol–water partition coefficient (Wildman–Crippen LogP) is 5.84. The summed E-state index contributed by atoms with van der Waals surface area (Å²) in [6.07, 6.45) is -3.73. The number of alkyl halides is 3. The normalized spacial score (nSPS) is 22.6. The van der Waals surface area contributed by atoms with Crippen molar-refractivity contribution in [3.8, 4) is 17.2 Å². The molecule has 44 heavy (non-hydrogen) atoms. The predicted molar refractivity (Wildman–Crippen MR) is 153 cm³/mol. The molecule has 0 bridgehead atoms. The fourth-order valence-electron chi connectivity index (χ4n) is 6.46. The molecule has 0 unspecified atom stereocenters. The lowest BCUT2D eigenvalue weighted by molar-refractivity contribution is -0.138. The van der Waals surface area contributed by atoms with Crippen LogP contribution in [0.15, 0.2) is 48.7 Å². The van der Waals surface area contributed by atoms with Crippen molar-refractivity contribution in [2.75, 3.05) is 38.0 Å². The maximum Gasteiger partial charge on any atom is 0.416 e. The van der Waals surface area contributed by atoms with E-state index in [-0.39, 0.29) is 54.4 Å². The number of carbonyl (C=O) groups excluding carboxylic acids is 2. The Morgan fingerprint density at radius 3 is 2.66 bits per heavy atom. The summed E-state index contributed by atoms with van der Waals surface area (Å²) in [6, 6.07) is 11.1. The van der Waals surface area contributed by atoms with Crippen LogP contribution >= 0.6 is 0 Å². The van der Waals surface area contributed by atoms with Gasteiger partial charge >= 0.3 is 12.3 Å². The second-order valence-electron chi connectivity index (χ2n) is 11.6. The summed E-state index contributed by atoms with van der Waals surface area (Å²) in [4.78, 5) is 33.2. The molecule has 4 aliphatic rings. The minimum atomic E-state index is -4.56. The number of rotatable bonds is 8. The van der Waals surface area contributed by atoms with Crippen LogP contribution in [-0.4, -0.2) is 65.5 Å². The van der Waals surface area contributed by atoms with E-state index in [0.717, 1.165) is 31.3 Å². The van der Waals surface area contributed by atoms with Crippen molar-refractivity contribution in [2.24, 2.45) is 5.92 Å². The van der Waals surface area contributed by atoms with Gasteiger partial charge in [-0.1, -0.05) is 19.1 Å². The number of halogens is 3. The Balaban J connectivity index is 1.03. The Hall–Kier alpha value is -4.16. The number of Topliss-reactive ketones (excluding diaryl/α,β-unsaturated/α-hetero) is 1. The molecule has 1 saturated heterocycles. The lowest BCUT2D eigenvalue weighted by Gasteiger charge is -2.34. The monoisotopic (exact) mass is 608 g/mol. The van der Waals surface area contributed by atoms with Crippen molar-refractivity contribution in [1.29, 1.82) is 0 Å². The zero-order valence-electron chi connectivity index (χ0n) is 24.0. The molecule has 3 atom stereocenters. The average Bonchev–Trinajstić information content (AvgIpc) is 3.53. The maximum absolute atomic E-state index is 14.1. The minimum absolute atomic E-state index is 0.0280. The summed E-state index contributed by atoms with van der Waals surface area (Å²) < 4.78 is 59.5. The molecule has 0 radical (unpaired) electrons. The van der Waals surface area contributed by atoms with Gasteiger partial charge in [0.2, 0.25) is 0 Å². The molecule has 1 aromatic heterocycles. The van der Waals surface area contributed by atoms with E-state index >= 15 is 0 Å². The summed E-state index contributed by atoms with van der Waals surface area (Å²) in [5.74, 6) is 1.59. The Morgan fingerprint density at radius 1 is 1.09 bits per heavy atom. The Labute approximate surface area is 251 Å². The molecule has 0 spiro atoms. The van der Waals surface area contributed by atoms with Gasteiger partial charge in [-0.15, -0.1) is 0 Å². The molecule has 9 nitrogen and oxygen atoms in total. The summed E-state index contributed by atoms with van der Waals surface area (Å²) >= 11 is 0. The van der Waals surface area contributed by atoms with Gasteiger partial charge in [-0.3, -0.25) is 15.0 Å². The first-order valence-electron chi connectivity index (χ1n) is 14.8. The van der Waals surface area contributed by atoms with Crippen LogP contribution in [0.5, 0.6) is 17.2 Å². The van der Waals surface area contributed by atoms with Crippen molar-refractivity contribution < 1.29 is 37.0 Å². The lowest BCUT2D eigenvalue weighted by atomic mass is 9.97. The number of fused-ring (bicyclic) bond motifs is 4. The number of ketones is 1. The highest BCUT2D eigenvalue weighted by Gasteiger charge is 2.59. The first kappa shape index (κ1) is 28.6. The fourth-order valence-corrected chi connectivity index (χ4v) is 6.46. The number of aromatic nitrogens is 1. The van der Waals surface area contributed by atoms with E-state index in [1.54, 1.807) is 18.2 Å². The van der Waals surface area contributed by atoms with Gasteiger partial charge in [-0.2, -0.15) is 13.2 Å². The van der Waals surface area contributed by atoms with Crippen LogP contribution < -0.4 is 14.8 Å². The summed E-state index contributed by atoms with van der Waals surface area (Å²) in [6.45, 7) is 6.32. The average molecular weight is 609 g/mol. The molecule has 2 fully saturated rings. The molecule has 3 aromatic rings. The number of hydrogen-bond acceptors (Lipinski definition) is 8. The van der Waals surface area contributed by atoms with E-state index in [2.05, 4.69) is 22.1 Å². The van der Waals surface area contributed by atoms with Gasteiger partial charge in [0.05, 0.1) is 11.1 Å². The first-order valence-corrected chi connectivity index (χ1v) is 14.8. The molecule has 3 aliphatic heterocycles. The Kier molecular flexibility index (Phi) is 7.20. The highest BCUT2D eigenvalue weighted by atomic mass is 19.4. The van der Waals surface area contributed by atoms with Gasteiger partial charge in [0.15, 0.2) is 5.78 Å². The molecule has 1 aliphatic carbocycles. The van der Waals surface area contributed by atoms with Crippen molar-refractivity contribution in [2.45, 2.75) is 44.7 Å². The molecule has 1 amide bonds. The molecule has 4 heterocycles. The van der Waals surface area contributed by atoms with Crippen LogP contribution in [0.2, 0.25) is 0 Å². The van der Waals surface area contributed by atoms with E-state index in [0.29, 0.717) is 41.7 Å². The van der Waals surface area contributed by atoms with Gasteiger partial charge < -0.3 is 19.1 Å². The third kappa shape index (κ3) is 5.48. The number of benzene rings is 2. The third-order valence-corrected chi connectivity index (χ3v) is 8.97. The second kappa shape index (κ2) is 11.1. The summed E-state index contributed by atoms with van der Waals surface area (Å²) in [5, 5.41) is 2.54. The molecular weight excluding hydrogens is 577 g/mol. The number of carbonyl (C=O) groups is 2. The quantitative estimate of drug-likeness (QED) is 0.319. The van der Waals surface area contributed by atoms with E-state index in [1.807, 2.05) is 11.0 Å². The number of anilines is 1. The summed E-state index contributed by atoms with van der Waals surface area (Å²) in [5.41, 5.74) is 1.02. The second-order valence-corrected chi connectivity index (χ2v) is 11.6. The van der Waals surface area contributed by atoms with Crippen LogP contribution in [0.3, 0.4) is 0 Å². The van der Waals surface area contributed by atoms with Gasteiger partial charge in [0.25, 0.3) is 0 Å². The molecular formula is C32H31F3N4O5. The van der Waals surface area contributed by atoms with Crippen LogP contribution in [0.25, 0.3) is 0 Å². The standard InChI is InChI=1S/C32H31F3N4O5/c1-2-38-9-11-39(12-10-38)16-19-4-3-18(13-24(19)32(33,34)35)25(40)15-22-28-21-14-20(5-6-26(21)44-29(22)28)43-27-7-8-36-30-23(27)17-42-31(41)37-30/h3-8,13-14,22,28-29H,2,9-12,15-17H2,1H3,(H,36,37,41)/t22-,28-,29+/m0/s1. The highest BCUT2D eigenvalue weighted by Crippen LogP contribution is 2.60. The molecule has 7 rings (SSSR count). The van der Waals surface area contributed by atoms with Crippen LogP contribution in [0, 0.1) is 5.92 Å². The number of amides is 1. The van der Waals surface area contributed by atoms with Gasteiger partial charge in [-0.05, 0) is 42.4 Å². The van der Waals surface area contributed by atoms with Crippen molar-refractivity contribution in [3.05, 3.63) is 76.5 Å². The molecule has 230 valence electrons. The van der Waals surface area contributed by atoms with Gasteiger partial charge in [0.1, 0.15) is 35.8 Å². The van der Waals surface area contributed by atoms with Crippen molar-refractivity contribution in [3.63, 3.8) is 0 Å². The van der Waals surface area contributed by atoms with Gasteiger partial charge in [0, 0.05) is 68.3 Å². The van der Waals surface area contributed by atoms with Crippen LogP contribution in [0.1, 0.15) is 51.9 Å². The zero-order chi connectivity index (χ0) is 30.6. The van der Waals surface area contributed by atoms with Crippen molar-refractivity contribution >= 4 is 17.7 Å². The number of nitrogens with zero attached hydrogens (tertiary/aromatic N) is 3. The van der Waals surface area contributed by atoms with E-state index < -0.39 is 17.8 Å². The number of piperazine rings is 1. The number of likely N-dealkylation sites (N-methyl/N-ethyl adjacent to an activating group) is 1. The van der Waals surface area contributed by atoms with Crippen LogP contribution in [0.4, 0.5) is 23.8 Å². The zero-order valence-corrected chi connectivity index (χ0v) is 24.0. The number of pyridine rings is 1. The molecule has 1 N–H and O–H groups in total. The lowest BCUT2D eigenvalue weighted by Crippen LogP contribution is -2.45. The molecule has 1 saturated carbocycles. The maximum atomic E-state index is 14.1. The first-order chi connectivity index (χ1) is 21.2. The topological polar surface area (TPSA) is 93.2 Å². The number of nitrogens with one attached hydrogen (secondary N) is 1. The van der Waals surface area contributed by atoms with E-state index in [9.17, 15) is 22.8 Å².